The highest BCUT2D eigenvalue weighted by atomic mass is 79.9. The minimum atomic E-state index is -0.459. The lowest BCUT2D eigenvalue weighted by molar-refractivity contribution is 0.254. The summed E-state index contributed by atoms with van der Waals surface area (Å²) in [5.41, 5.74) is 12.2. The van der Waals surface area contributed by atoms with Crippen molar-refractivity contribution in [2.24, 2.45) is 0 Å². The molecular weight excluding hydrogens is 360 g/mol. The summed E-state index contributed by atoms with van der Waals surface area (Å²) in [5.74, 6) is 0.294. The number of nitrogens with one attached hydrogen (secondary N) is 3. The number of nitrogens with zero attached hydrogens (tertiary/aromatic N) is 2. The summed E-state index contributed by atoms with van der Waals surface area (Å²) in [4.78, 5) is 19.3. The van der Waals surface area contributed by atoms with Gasteiger partial charge >= 0.3 is 6.03 Å². The van der Waals surface area contributed by atoms with E-state index in [4.69, 9.17) is 17.3 Å². The second kappa shape index (κ2) is 6.59. The quantitative estimate of drug-likeness (QED) is 0.490. The van der Waals surface area contributed by atoms with Gasteiger partial charge in [0.1, 0.15) is 5.15 Å². The average molecular weight is 372 g/mol. The summed E-state index contributed by atoms with van der Waals surface area (Å²) in [6, 6.07) is 6.45. The Labute approximate surface area is 134 Å². The predicted molar refractivity (Wildman–Crippen MR) is 86.1 cm³/mol. The lowest BCUT2D eigenvalue weighted by atomic mass is 10.2. The van der Waals surface area contributed by atoms with Gasteiger partial charge in [-0.1, -0.05) is 33.6 Å². The molecule has 2 rings (SSSR count). The van der Waals surface area contributed by atoms with E-state index in [0.717, 1.165) is 10.0 Å². The number of halogens is 2. The molecular formula is C12H12BrClN6O. The molecule has 21 heavy (non-hydrogen) atoms. The number of carbonyl (C=O) groups excluding carboxylic acids is 1. The molecule has 0 aliphatic heterocycles. The van der Waals surface area contributed by atoms with Crippen molar-refractivity contribution in [3.63, 3.8) is 0 Å². The van der Waals surface area contributed by atoms with Crippen LogP contribution >= 0.6 is 27.5 Å². The molecule has 0 saturated carbocycles. The van der Waals surface area contributed by atoms with E-state index >= 15 is 0 Å². The third kappa shape index (κ3) is 4.47. The lowest BCUT2D eigenvalue weighted by Gasteiger charge is -2.10. The van der Waals surface area contributed by atoms with Gasteiger partial charge in [-0.3, -0.25) is 10.9 Å². The number of anilines is 3. The standard InChI is InChI=1S/C12H12BrClN6O/c1-6-2-3-7(4-8(6)13)16-12(21)20-19-10-5-9(14)17-11(15)18-10/h2-5H,1H3,(H2,16,20,21)(H3,15,17,18,19). The maximum absolute atomic E-state index is 11.7. The molecule has 1 aromatic heterocycles. The normalized spacial score (nSPS) is 10.0. The second-order valence-corrected chi connectivity index (χ2v) is 5.34. The minimum Gasteiger partial charge on any atom is -0.368 e. The molecule has 9 heteroatoms. The monoisotopic (exact) mass is 370 g/mol. The molecule has 0 aliphatic rings. The molecule has 0 unspecified atom stereocenters. The molecule has 0 fully saturated rings. The van der Waals surface area contributed by atoms with Gasteiger partial charge in [-0.2, -0.15) is 4.98 Å². The SMILES string of the molecule is Cc1ccc(NC(=O)NNc2cc(Cl)nc(N)n2)cc1Br. The fraction of sp³-hybridized carbons (Fsp3) is 0.0833. The van der Waals surface area contributed by atoms with Crippen LogP contribution in [0, 0.1) is 6.92 Å². The van der Waals surface area contributed by atoms with E-state index in [1.165, 1.54) is 6.07 Å². The number of carbonyl (C=O) groups is 1. The second-order valence-electron chi connectivity index (χ2n) is 4.10. The molecule has 1 aromatic carbocycles. The number of aryl methyl sites for hydroxylation is 1. The van der Waals surface area contributed by atoms with Crippen molar-refractivity contribution in [2.45, 2.75) is 6.92 Å². The van der Waals surface area contributed by atoms with Crippen molar-refractivity contribution in [2.75, 3.05) is 16.5 Å². The van der Waals surface area contributed by atoms with E-state index in [1.807, 2.05) is 13.0 Å². The van der Waals surface area contributed by atoms with E-state index in [9.17, 15) is 4.79 Å². The molecule has 1 heterocycles. The molecule has 110 valence electrons. The van der Waals surface area contributed by atoms with E-state index in [1.54, 1.807) is 12.1 Å². The van der Waals surface area contributed by atoms with Crippen LogP contribution in [0.5, 0.6) is 0 Å². The number of nitrogens with two attached hydrogens (primary N) is 1. The Balaban J connectivity index is 1.94. The molecule has 0 aliphatic carbocycles. The van der Waals surface area contributed by atoms with Gasteiger partial charge in [-0.15, -0.1) is 0 Å². The number of nitrogen functional groups attached to an aromatic ring is 1. The maximum atomic E-state index is 11.7. The molecule has 0 atom stereocenters. The van der Waals surface area contributed by atoms with Crippen LogP contribution < -0.4 is 21.9 Å². The van der Waals surface area contributed by atoms with Gasteiger partial charge in [0.05, 0.1) is 0 Å². The Morgan fingerprint density at radius 2 is 2.10 bits per heavy atom. The largest absolute Gasteiger partial charge is 0.368 e. The van der Waals surface area contributed by atoms with Crippen molar-refractivity contribution < 1.29 is 4.79 Å². The summed E-state index contributed by atoms with van der Waals surface area (Å²) in [6.07, 6.45) is 0. The summed E-state index contributed by atoms with van der Waals surface area (Å²) in [5, 5.41) is 2.83. The third-order valence-corrected chi connectivity index (χ3v) is 3.49. The van der Waals surface area contributed by atoms with Crippen molar-refractivity contribution in [3.8, 4) is 0 Å². The smallest absolute Gasteiger partial charge is 0.337 e. The molecule has 0 spiro atoms. The average Bonchev–Trinajstić information content (AvgIpc) is 2.40. The number of urea groups is 1. The van der Waals surface area contributed by atoms with Crippen LogP contribution in [0.25, 0.3) is 0 Å². The molecule has 0 saturated heterocycles. The molecule has 0 radical (unpaired) electrons. The van der Waals surface area contributed by atoms with E-state index < -0.39 is 6.03 Å². The van der Waals surface area contributed by atoms with E-state index in [-0.39, 0.29) is 16.9 Å². The highest BCUT2D eigenvalue weighted by Gasteiger charge is 2.05. The van der Waals surface area contributed by atoms with Crippen molar-refractivity contribution >= 4 is 51.0 Å². The Hall–Kier alpha value is -2.06. The number of rotatable bonds is 3. The fourth-order valence-corrected chi connectivity index (χ4v) is 2.02. The lowest BCUT2D eigenvalue weighted by Crippen LogP contribution is -2.34. The Kier molecular flexibility index (Phi) is 4.81. The zero-order valence-electron chi connectivity index (χ0n) is 10.9. The highest BCUT2D eigenvalue weighted by Crippen LogP contribution is 2.20. The molecule has 0 bridgehead atoms. The van der Waals surface area contributed by atoms with Gasteiger partial charge in [0.15, 0.2) is 5.82 Å². The van der Waals surface area contributed by atoms with Gasteiger partial charge < -0.3 is 11.1 Å². The topological polar surface area (TPSA) is 105 Å². The van der Waals surface area contributed by atoms with Crippen LogP contribution in [-0.2, 0) is 0 Å². The number of aromatic nitrogens is 2. The molecule has 2 aromatic rings. The summed E-state index contributed by atoms with van der Waals surface area (Å²) in [7, 11) is 0. The number of benzene rings is 1. The van der Waals surface area contributed by atoms with Crippen LogP contribution in [-0.4, -0.2) is 16.0 Å². The Morgan fingerprint density at radius 3 is 2.76 bits per heavy atom. The first-order chi connectivity index (χ1) is 9.94. The fourth-order valence-electron chi connectivity index (χ4n) is 1.45. The third-order valence-electron chi connectivity index (χ3n) is 2.45. The Morgan fingerprint density at radius 1 is 1.33 bits per heavy atom. The van der Waals surface area contributed by atoms with Gasteiger partial charge in [-0.05, 0) is 24.6 Å². The van der Waals surface area contributed by atoms with Crippen LogP contribution in [0.3, 0.4) is 0 Å². The molecule has 5 N–H and O–H groups in total. The number of hydrogen-bond acceptors (Lipinski definition) is 5. The van der Waals surface area contributed by atoms with Gasteiger partial charge in [0.2, 0.25) is 5.95 Å². The van der Waals surface area contributed by atoms with E-state index in [2.05, 4.69) is 42.1 Å². The van der Waals surface area contributed by atoms with Crippen LogP contribution in [0.15, 0.2) is 28.7 Å². The van der Waals surface area contributed by atoms with Gasteiger partial charge in [0.25, 0.3) is 0 Å². The first-order valence-corrected chi connectivity index (χ1v) is 7.00. The molecule has 7 nitrogen and oxygen atoms in total. The van der Waals surface area contributed by atoms with Crippen molar-refractivity contribution in [3.05, 3.63) is 39.5 Å². The minimum absolute atomic E-state index is 0.00896. The predicted octanol–water partition coefficient (Wildman–Crippen LogP) is 2.93. The van der Waals surface area contributed by atoms with Crippen LogP contribution in [0.1, 0.15) is 5.56 Å². The zero-order valence-corrected chi connectivity index (χ0v) is 13.3. The summed E-state index contributed by atoms with van der Waals surface area (Å²) < 4.78 is 0.906. The number of amides is 2. The Bertz CT molecular complexity index is 661. The van der Waals surface area contributed by atoms with Gasteiger partial charge in [-0.25, -0.2) is 9.78 Å². The van der Waals surface area contributed by atoms with Crippen LogP contribution in [0.2, 0.25) is 5.15 Å². The van der Waals surface area contributed by atoms with Crippen molar-refractivity contribution in [1.82, 2.24) is 15.4 Å². The van der Waals surface area contributed by atoms with E-state index in [0.29, 0.717) is 5.69 Å². The maximum Gasteiger partial charge on any atom is 0.337 e. The highest BCUT2D eigenvalue weighted by molar-refractivity contribution is 9.10. The summed E-state index contributed by atoms with van der Waals surface area (Å²) >= 11 is 9.12. The van der Waals surface area contributed by atoms with Crippen molar-refractivity contribution in [1.29, 1.82) is 0 Å². The first-order valence-electron chi connectivity index (χ1n) is 5.83. The number of hydrazine groups is 1. The number of hydrogen-bond donors (Lipinski definition) is 4. The van der Waals surface area contributed by atoms with Crippen LogP contribution in [0.4, 0.5) is 22.2 Å². The summed E-state index contributed by atoms with van der Waals surface area (Å²) in [6.45, 7) is 1.96. The molecule has 2 amide bonds. The van der Waals surface area contributed by atoms with Gasteiger partial charge in [0, 0.05) is 16.2 Å². The first kappa shape index (κ1) is 15.3. The zero-order chi connectivity index (χ0) is 15.4.